The van der Waals surface area contributed by atoms with Crippen LogP contribution in [0.1, 0.15) is 47.1 Å². The van der Waals surface area contributed by atoms with Crippen molar-refractivity contribution in [3.63, 3.8) is 0 Å². The quantitative estimate of drug-likeness (QED) is 0.0841. The molecule has 0 saturated carbocycles. The number of carbonyl (C=O) groups excluding carboxylic acids is 4. The molecule has 0 bridgehead atoms. The largest absolute Gasteiger partial charge is 0.493 e. The third-order valence-corrected chi connectivity index (χ3v) is 7.00. The number of carbonyl (C=O) groups is 4. The fourth-order valence-corrected chi connectivity index (χ4v) is 5.08. The Hall–Kier alpha value is -4.57. The zero-order valence-corrected chi connectivity index (χ0v) is 28.2. The number of hydrogen-bond donors (Lipinski definition) is 1. The second kappa shape index (κ2) is 16.0. The van der Waals surface area contributed by atoms with E-state index in [1.165, 1.54) is 33.3 Å². The normalized spacial score (nSPS) is 26.4. The molecule has 3 rings (SSSR count). The van der Waals surface area contributed by atoms with E-state index in [0.717, 1.165) is 19.4 Å². The highest BCUT2D eigenvalue weighted by atomic mass is 16.7. The van der Waals surface area contributed by atoms with Gasteiger partial charge in [0.05, 0.1) is 34.0 Å². The molecule has 17 nitrogen and oxygen atoms in total. The van der Waals surface area contributed by atoms with E-state index in [1.807, 2.05) is 0 Å². The first-order chi connectivity index (χ1) is 22.6. The Morgan fingerprint density at radius 3 is 2.21 bits per heavy atom. The molecule has 1 saturated heterocycles. The summed E-state index contributed by atoms with van der Waals surface area (Å²) in [5, 5.41) is 6.60. The molecular weight excluding hydrogens is 636 g/mol. The Morgan fingerprint density at radius 1 is 1.00 bits per heavy atom. The summed E-state index contributed by atoms with van der Waals surface area (Å²) in [6, 6.07) is 3.81. The van der Waals surface area contributed by atoms with Gasteiger partial charge in [-0.3, -0.25) is 14.4 Å². The summed E-state index contributed by atoms with van der Waals surface area (Å²) in [6.45, 7) is 7.69. The van der Waals surface area contributed by atoms with Crippen molar-refractivity contribution in [2.45, 2.75) is 89.4 Å². The van der Waals surface area contributed by atoms with Crippen LogP contribution in [0.2, 0.25) is 0 Å². The molecule has 17 heteroatoms. The Bertz CT molecular complexity index is 1420. The van der Waals surface area contributed by atoms with Gasteiger partial charge >= 0.3 is 24.0 Å². The van der Waals surface area contributed by atoms with Gasteiger partial charge in [0, 0.05) is 25.7 Å². The van der Waals surface area contributed by atoms with Crippen LogP contribution in [0.3, 0.4) is 0 Å². The second-order valence-corrected chi connectivity index (χ2v) is 12.1. The van der Waals surface area contributed by atoms with E-state index in [0.29, 0.717) is 11.5 Å². The number of nitrogens with one attached hydrogen (secondary N) is 1. The van der Waals surface area contributed by atoms with E-state index in [-0.39, 0.29) is 19.8 Å². The Morgan fingerprint density at radius 2 is 1.67 bits per heavy atom. The summed E-state index contributed by atoms with van der Waals surface area (Å²) in [4.78, 5) is 51.9. The lowest BCUT2D eigenvalue weighted by atomic mass is 9.86. The molecule has 1 aromatic rings. The van der Waals surface area contributed by atoms with E-state index in [9.17, 15) is 24.7 Å². The lowest BCUT2D eigenvalue weighted by molar-refractivity contribution is -0.318. The lowest BCUT2D eigenvalue weighted by Gasteiger charge is -2.51. The molecule has 264 valence electrons. The van der Waals surface area contributed by atoms with E-state index < -0.39 is 71.9 Å². The van der Waals surface area contributed by atoms with Gasteiger partial charge in [-0.15, -0.1) is 0 Å². The molecule has 6 atom stereocenters. The van der Waals surface area contributed by atoms with Crippen molar-refractivity contribution >= 4 is 24.0 Å². The van der Waals surface area contributed by atoms with Gasteiger partial charge in [0.2, 0.25) is 5.79 Å². The number of benzene rings is 1. The number of methoxy groups -OCH3 is 2. The average molecular weight is 679 g/mol. The van der Waals surface area contributed by atoms with Crippen LogP contribution >= 0.6 is 0 Å². The van der Waals surface area contributed by atoms with Crippen molar-refractivity contribution in [1.82, 2.24) is 5.32 Å². The fraction of sp³-hybridized carbons (Fsp3) is 0.613. The monoisotopic (exact) mass is 678 g/mol. The number of esters is 3. The zero-order chi connectivity index (χ0) is 35.7. The summed E-state index contributed by atoms with van der Waals surface area (Å²) in [7, 11) is 3.03. The van der Waals surface area contributed by atoms with Crippen LogP contribution in [0.25, 0.3) is 10.4 Å². The Kier molecular flexibility index (Phi) is 12.6. The van der Waals surface area contributed by atoms with Gasteiger partial charge in [-0.25, -0.2) is 4.79 Å². The maximum absolute atomic E-state index is 13.0. The van der Waals surface area contributed by atoms with Gasteiger partial charge in [-0.1, -0.05) is 17.3 Å². The summed E-state index contributed by atoms with van der Waals surface area (Å²) in [6.07, 6.45) is -1.93. The van der Waals surface area contributed by atoms with Crippen LogP contribution in [-0.2, 0) is 54.1 Å². The minimum atomic E-state index is -1.95. The molecule has 1 fully saturated rings. The number of ether oxygens (including phenoxy) is 9. The highest BCUT2D eigenvalue weighted by Crippen LogP contribution is 2.41. The predicted molar refractivity (Wildman–Crippen MR) is 165 cm³/mol. The third-order valence-electron chi connectivity index (χ3n) is 7.00. The van der Waals surface area contributed by atoms with Crippen LogP contribution in [0, 0.1) is 0 Å². The summed E-state index contributed by atoms with van der Waals surface area (Å²) >= 11 is 0. The first-order valence-corrected chi connectivity index (χ1v) is 14.9. The molecular formula is C31H42N4O13. The standard InChI is InChI=1S/C31H42N4O13/c1-18(36)43-15-24-25(45-19(2)37)26(46-20(3)38)27(34-35-32)31(47-24)12-11-30(17-44-31,33-28(39)48-29(4,5)6)16-42-14-21-9-10-22(40-7)23(13-21)41-8/h9-13,24-27H,14-17H2,1-8H3,(H,33,39)/t24-,25+,26+,27-,30-,31-/m1/s1. The second-order valence-electron chi connectivity index (χ2n) is 12.1. The zero-order valence-electron chi connectivity index (χ0n) is 28.2. The molecule has 0 aromatic heterocycles. The molecule has 2 aliphatic rings. The maximum Gasteiger partial charge on any atom is 0.408 e. The van der Waals surface area contributed by atoms with Crippen molar-refractivity contribution in [3.05, 3.63) is 46.4 Å². The van der Waals surface area contributed by atoms with Crippen LogP contribution < -0.4 is 14.8 Å². The first-order valence-electron chi connectivity index (χ1n) is 14.9. The van der Waals surface area contributed by atoms with Crippen LogP contribution in [-0.4, -0.2) is 99.3 Å². The topological polar surface area (TPSA) is 212 Å². The van der Waals surface area contributed by atoms with Gasteiger partial charge in [-0.05, 0) is 50.1 Å². The molecule has 2 heterocycles. The number of rotatable bonds is 12. The van der Waals surface area contributed by atoms with Crippen LogP contribution in [0.4, 0.5) is 4.79 Å². The average Bonchev–Trinajstić information content (AvgIpc) is 2.99. The van der Waals surface area contributed by atoms with Gasteiger partial charge in [0.1, 0.15) is 29.9 Å². The summed E-state index contributed by atoms with van der Waals surface area (Å²) in [5.74, 6) is -3.13. The van der Waals surface area contributed by atoms with E-state index >= 15 is 0 Å². The molecule has 1 aromatic carbocycles. The highest BCUT2D eigenvalue weighted by molar-refractivity contribution is 5.70. The molecule has 0 aliphatic carbocycles. The number of azide groups is 1. The number of nitrogens with zero attached hydrogens (tertiary/aromatic N) is 3. The molecule has 48 heavy (non-hydrogen) atoms. The van der Waals surface area contributed by atoms with Gasteiger partial charge < -0.3 is 47.9 Å². The SMILES string of the molecule is COc1ccc(COC[C@]2(NC(=O)OC(C)(C)C)C=C[C@@]3(OC2)O[C@H](COC(C)=O)[C@H](OC(C)=O)[C@H](OC(C)=O)[C@H]3N=[N+]=[N-])cc1OC. The van der Waals surface area contributed by atoms with Crippen LogP contribution in [0.5, 0.6) is 11.5 Å². The minimum Gasteiger partial charge on any atom is -0.493 e. The first kappa shape index (κ1) is 37.9. The maximum atomic E-state index is 13.0. The number of hydrogen-bond acceptors (Lipinski definition) is 14. The third kappa shape index (κ3) is 9.97. The van der Waals surface area contributed by atoms with Crippen LogP contribution in [0.15, 0.2) is 35.5 Å². The fourth-order valence-electron chi connectivity index (χ4n) is 5.08. The van der Waals surface area contributed by atoms with E-state index in [2.05, 4.69) is 15.3 Å². The minimum absolute atomic E-state index is 0.0952. The predicted octanol–water partition coefficient (Wildman–Crippen LogP) is 3.27. The van der Waals surface area contributed by atoms with Crippen molar-refractivity contribution in [2.75, 3.05) is 34.0 Å². The van der Waals surface area contributed by atoms with Gasteiger partial charge in [-0.2, -0.15) is 0 Å². The Labute approximate surface area is 277 Å². The molecule has 1 spiro atoms. The Balaban J connectivity index is 2.02. The highest BCUT2D eigenvalue weighted by Gasteiger charge is 2.59. The van der Waals surface area contributed by atoms with E-state index in [1.54, 1.807) is 39.0 Å². The van der Waals surface area contributed by atoms with Gasteiger partial charge in [0.25, 0.3) is 0 Å². The van der Waals surface area contributed by atoms with Crippen molar-refractivity contribution in [1.29, 1.82) is 0 Å². The smallest absolute Gasteiger partial charge is 0.408 e. The number of alkyl carbamates (subject to hydrolysis) is 1. The van der Waals surface area contributed by atoms with E-state index in [4.69, 9.17) is 42.6 Å². The molecule has 1 N–H and O–H groups in total. The summed E-state index contributed by atoms with van der Waals surface area (Å²) in [5.41, 5.74) is 8.06. The van der Waals surface area contributed by atoms with Crippen molar-refractivity contribution < 1.29 is 61.8 Å². The lowest BCUT2D eigenvalue weighted by Crippen LogP contribution is -2.69. The summed E-state index contributed by atoms with van der Waals surface area (Å²) < 4.78 is 50.7. The van der Waals surface area contributed by atoms with Gasteiger partial charge in [0.15, 0.2) is 23.7 Å². The molecule has 1 amide bonds. The molecule has 0 radical (unpaired) electrons. The molecule has 0 unspecified atom stereocenters. The van der Waals surface area contributed by atoms with Crippen molar-refractivity contribution in [2.24, 2.45) is 5.11 Å². The molecule has 2 aliphatic heterocycles. The number of amides is 1. The van der Waals surface area contributed by atoms with Crippen molar-refractivity contribution in [3.8, 4) is 11.5 Å².